The molecule has 143 heavy (non-hydrogen) atoms. The van der Waals surface area contributed by atoms with Crippen molar-refractivity contribution in [3.63, 3.8) is 0 Å². The lowest BCUT2D eigenvalue weighted by Crippen LogP contribution is -2.42. The minimum Gasteiger partial charge on any atom is -0.495 e. The Morgan fingerprint density at radius 3 is 1.64 bits per heavy atom. The van der Waals surface area contributed by atoms with Gasteiger partial charge in [0.1, 0.15) is 57.2 Å². The number of aromatic nitrogens is 10. The lowest BCUT2D eigenvalue weighted by molar-refractivity contribution is -0.464. The van der Waals surface area contributed by atoms with E-state index in [-0.39, 0.29) is 29.0 Å². The van der Waals surface area contributed by atoms with E-state index in [1.165, 1.54) is 71.0 Å². The number of imide groups is 1. The third kappa shape index (κ3) is 28.0. The van der Waals surface area contributed by atoms with E-state index in [2.05, 4.69) is 170 Å². The molecule has 0 bridgehead atoms. The monoisotopic (exact) mass is 2000 g/mol. The first-order valence-corrected chi connectivity index (χ1v) is 50.4. The average molecular weight is 2000 g/mol. The number of benzene rings is 12. The van der Waals surface area contributed by atoms with Crippen molar-refractivity contribution in [2.45, 2.75) is 131 Å². The molecule has 0 saturated carbocycles. The Morgan fingerprint density at radius 2 is 1.01 bits per heavy atom. The zero-order chi connectivity index (χ0) is 101. The highest BCUT2D eigenvalue weighted by Crippen LogP contribution is 2.44. The van der Waals surface area contributed by atoms with Crippen molar-refractivity contribution in [2.75, 3.05) is 51.1 Å². The maximum absolute atomic E-state index is 13.5. The van der Waals surface area contributed by atoms with Crippen molar-refractivity contribution in [3.8, 4) is 28.9 Å². The molecule has 18 rings (SSSR count). The second-order valence-electron chi connectivity index (χ2n) is 33.7. The number of hydrogen-bond donors (Lipinski definition) is 4. The number of anilines is 2. The van der Waals surface area contributed by atoms with Crippen LogP contribution in [0.5, 0.6) is 5.75 Å². The van der Waals surface area contributed by atoms with Gasteiger partial charge in [-0.25, -0.2) is 4.79 Å². The summed E-state index contributed by atoms with van der Waals surface area (Å²) in [4.78, 5) is 66.6. The van der Waals surface area contributed by atoms with Gasteiger partial charge in [-0.15, -0.1) is 30.6 Å². The third-order valence-electron chi connectivity index (χ3n) is 22.9. The van der Waals surface area contributed by atoms with E-state index in [0.717, 1.165) is 111 Å². The molecule has 3 aliphatic rings. The lowest BCUT2D eigenvalue weighted by atomic mass is 10.00. The number of rotatable bonds is 26. The molecule has 726 valence electrons. The Morgan fingerprint density at radius 1 is 0.483 bits per heavy atom. The van der Waals surface area contributed by atoms with E-state index in [4.69, 9.17) is 14.7 Å². The normalized spacial score (nSPS) is 14.1. The van der Waals surface area contributed by atoms with Crippen LogP contribution < -0.4 is 26.0 Å². The van der Waals surface area contributed by atoms with Crippen LogP contribution in [0.2, 0.25) is 0 Å². The van der Waals surface area contributed by atoms with Gasteiger partial charge in [0.2, 0.25) is 34.0 Å². The maximum Gasteiger partial charge on any atom is 0.321 e. The Bertz CT molecular complexity index is 7120. The predicted octanol–water partition coefficient (Wildman–Crippen LogP) is 22.9. The smallest absolute Gasteiger partial charge is 0.321 e. The van der Waals surface area contributed by atoms with Crippen LogP contribution in [-0.2, 0) is 29.7 Å². The van der Waals surface area contributed by atoms with Crippen LogP contribution in [0.1, 0.15) is 139 Å². The van der Waals surface area contributed by atoms with Crippen LogP contribution >= 0.6 is 59.0 Å². The number of aryl methyl sites for hydroxylation is 11. The van der Waals surface area contributed by atoms with Crippen molar-refractivity contribution in [2.24, 2.45) is 31.0 Å². The first kappa shape index (κ1) is 104. The molecule has 35 heteroatoms. The molecular formula is C108H108N23O7S5+. The lowest BCUT2D eigenvalue weighted by Gasteiger charge is -2.30. The van der Waals surface area contributed by atoms with E-state index in [1.807, 2.05) is 300 Å². The summed E-state index contributed by atoms with van der Waals surface area (Å²) in [6.45, 7) is 24.7. The van der Waals surface area contributed by atoms with Gasteiger partial charge in [0, 0.05) is 53.6 Å². The Hall–Kier alpha value is -15.2. The molecule has 15 aromatic rings. The highest BCUT2D eigenvalue weighted by atomic mass is 32.2. The summed E-state index contributed by atoms with van der Waals surface area (Å²) < 4.78 is 18.1. The molecule has 6 atom stereocenters. The van der Waals surface area contributed by atoms with E-state index in [1.54, 1.807) is 40.3 Å². The molecule has 0 spiro atoms. The fraction of sp³-hybridized carbons (Fsp3) is 0.222. The summed E-state index contributed by atoms with van der Waals surface area (Å²) >= 11 is 6.89. The summed E-state index contributed by atoms with van der Waals surface area (Å²) in [6, 6.07) is 93.9. The first-order valence-electron chi connectivity index (χ1n) is 45.9. The number of hydrogen-bond acceptors (Lipinski definition) is 26. The summed E-state index contributed by atoms with van der Waals surface area (Å²) in [5.74, 6) is 0.647. The number of thioether (sulfide) groups is 4. The molecule has 6 unspecified atom stereocenters. The number of nitriles is 1. The van der Waals surface area contributed by atoms with Gasteiger partial charge in [0.05, 0.1) is 43.3 Å². The van der Waals surface area contributed by atoms with Gasteiger partial charge in [-0.1, -0.05) is 298 Å². The van der Waals surface area contributed by atoms with Gasteiger partial charge < -0.3 is 30.3 Å². The number of tetrazole rings is 1. The minimum atomic E-state index is -0.659. The fourth-order valence-corrected chi connectivity index (χ4v) is 20.4. The van der Waals surface area contributed by atoms with Crippen LogP contribution in [0, 0.1) is 87.5 Å². The second kappa shape index (κ2) is 50.8. The summed E-state index contributed by atoms with van der Waals surface area (Å²) in [7, 11) is 3.05. The number of nitrogens with one attached hydrogen (secondary N) is 4. The van der Waals surface area contributed by atoms with E-state index in [9.17, 15) is 24.0 Å². The van der Waals surface area contributed by atoms with Crippen molar-refractivity contribution < 1.29 is 37.5 Å². The molecule has 12 aromatic carbocycles. The van der Waals surface area contributed by atoms with Crippen molar-refractivity contribution in [1.29, 1.82) is 5.26 Å². The molecule has 0 aliphatic carbocycles. The van der Waals surface area contributed by atoms with E-state index in [0.29, 0.717) is 64.4 Å². The van der Waals surface area contributed by atoms with Gasteiger partial charge in [0.25, 0.3) is 6.17 Å². The van der Waals surface area contributed by atoms with Crippen LogP contribution in [0.4, 0.5) is 16.2 Å². The van der Waals surface area contributed by atoms with Gasteiger partial charge in [-0.05, 0) is 225 Å². The van der Waals surface area contributed by atoms with Crippen LogP contribution in [0.25, 0.3) is 17.1 Å². The first-order chi connectivity index (χ1) is 69.4. The fourth-order valence-electron chi connectivity index (χ4n) is 15.3. The molecule has 1 fully saturated rings. The molecule has 3 aromatic heterocycles. The largest absolute Gasteiger partial charge is 0.495 e. The van der Waals surface area contributed by atoms with Crippen LogP contribution in [0.3, 0.4) is 0 Å². The predicted molar refractivity (Wildman–Crippen MR) is 563 cm³/mol. The third-order valence-corrected chi connectivity index (χ3v) is 28.8. The van der Waals surface area contributed by atoms with Crippen molar-refractivity contribution in [3.05, 3.63) is 403 Å². The Labute approximate surface area is 852 Å². The summed E-state index contributed by atoms with van der Waals surface area (Å²) in [5.41, 5.74) is 23.7. The second-order valence-corrected chi connectivity index (χ2v) is 39.0. The molecule has 6 amide bonds. The molecule has 0 radical (unpaired) electrons. The number of morpholine rings is 1. The number of nitrogens with zero attached hydrogens (tertiary/aromatic N) is 19. The average Bonchev–Trinajstić information content (AvgIpc) is 1.77. The zero-order valence-corrected chi connectivity index (χ0v) is 85.3. The van der Waals surface area contributed by atoms with E-state index < -0.39 is 33.9 Å². The standard InChI is InChI=1S/C25H25N5O2S.C25H25N5OS.C21H22N4O2S.C20H21N5O2S.C17H14N4S/c1-16-10-12-18(3)20(14-16)24-27-28-29-30(24)33-23(19-8-6-5-7-9-19)25(31)26-21-15-17(2)11-13-22(21)32-4;1-16-11-13-22(19(4)14-16)30-25(27-28-29-30)32-23(20-8-6-5-7-9-20)24(31)26-21-15-17(2)10-12-18(21)3;1-16-7-9-18(10-8-16)25-15-22-23-21(25)28-19(17-5-3-2-4-6-17)20(26)24-11-13-27-14-12-24;1-12-9-10-13(2)15(11-12)16-19(24-25-23-16)28-17(14-7-5-4-6-8-14)18(26)22-20(27)21-3;1-13-5-4-8-16(9-13)21-12-19-20-17(21)22-11-15-7-3-2-6-14(15)10-18/h5-15,23-24H,1-4H3;5-15,23H,1-4H3,(H,26,31);2-10,15,19H,11-14H2,1H3;4-11,16-17H,1-3H3,(H2,21,22,26,27);2-9,12H,11H2,1H3/p+1. The highest BCUT2D eigenvalue weighted by Gasteiger charge is 2.39. The molecule has 3 aliphatic heterocycles. The van der Waals surface area contributed by atoms with Gasteiger partial charge in [0.15, 0.2) is 20.8 Å². The molecule has 4 N–H and O–H groups in total. The van der Waals surface area contributed by atoms with Crippen LogP contribution in [0.15, 0.2) is 344 Å². The number of amides is 6. The quantitative estimate of drug-likeness (QED) is 0.0222. The minimum absolute atomic E-state index is 0.0814. The molecular weight excluding hydrogens is 1890 g/mol. The van der Waals surface area contributed by atoms with Gasteiger partial charge >= 0.3 is 6.03 Å². The molecule has 30 nitrogen and oxygen atoms in total. The number of carbonyl (C=O) groups excluding carboxylic acids is 5. The molecule has 6 heterocycles. The van der Waals surface area contributed by atoms with Gasteiger partial charge in [-0.2, -0.15) is 15.1 Å². The number of urea groups is 1. The van der Waals surface area contributed by atoms with Gasteiger partial charge in [-0.3, -0.25) is 33.6 Å². The van der Waals surface area contributed by atoms with Crippen LogP contribution in [-0.4, -0.2) is 134 Å². The Kier molecular flexibility index (Phi) is 36.8. The van der Waals surface area contributed by atoms with E-state index >= 15 is 0 Å². The number of ether oxygens (including phenoxy) is 2. The highest BCUT2D eigenvalue weighted by molar-refractivity contribution is 8.14. The zero-order valence-electron chi connectivity index (χ0n) is 81.2. The summed E-state index contributed by atoms with van der Waals surface area (Å²) in [6.07, 6.45) is 3.00. The summed E-state index contributed by atoms with van der Waals surface area (Å²) in [5, 5.41) is 74.2. The SMILES string of the molecule is CNC(=O)NC(=O)C(SC1=NN=NC1c1cc(C)ccc1C)c1ccccc1.COc1ccc(C)cc1NC(=O)C(S[N+]1=NN=NC1c1cc(C)ccc1C)c1ccccc1.Cc1ccc(-n2cnnc2SC(C(=O)N2CCOCC2)c2ccccc2)cc1.Cc1ccc(-n2nnnc2SC(C(=O)Nc2cc(C)ccc2C)c2ccccc2)c(C)c1.Cc1cccc(-n2cnnc2SCc2ccccc2C#N)c1. The number of carbonyl (C=O) groups is 5. The Balaban J connectivity index is 0.000000143. The maximum atomic E-state index is 13.5. The molecule has 1 saturated heterocycles. The topological polar surface area (TPSA) is 361 Å². The number of methoxy groups -OCH3 is 1. The van der Waals surface area contributed by atoms with Crippen molar-refractivity contribution in [1.82, 2.24) is 65.3 Å². The van der Waals surface area contributed by atoms with Crippen molar-refractivity contribution >= 4 is 105 Å².